The first-order chi connectivity index (χ1) is 7.32. The van der Waals surface area contributed by atoms with Gasteiger partial charge in [0.2, 0.25) is 5.91 Å². The molecule has 1 atom stereocenters. The van der Waals surface area contributed by atoms with Crippen LogP contribution in [-0.4, -0.2) is 28.8 Å². The molecule has 0 aliphatic carbocycles. The standard InChI is InChI=1S/C12H23N2O2/c1-6-7-10(15)14(9(4)5)12(13)11(16)8(2)3/h8-9,12-13H,6-7H2,1-5H3. The van der Waals surface area contributed by atoms with Crippen molar-refractivity contribution >= 4 is 11.7 Å². The molecule has 1 amide bonds. The highest BCUT2D eigenvalue weighted by atomic mass is 16.2. The van der Waals surface area contributed by atoms with Gasteiger partial charge in [0.15, 0.2) is 11.9 Å². The minimum absolute atomic E-state index is 0.105. The van der Waals surface area contributed by atoms with Crippen LogP contribution in [0.4, 0.5) is 0 Å². The van der Waals surface area contributed by atoms with Crippen molar-refractivity contribution < 1.29 is 9.59 Å². The summed E-state index contributed by atoms with van der Waals surface area (Å²) in [7, 11) is 0. The summed E-state index contributed by atoms with van der Waals surface area (Å²) in [5.41, 5.74) is 7.86. The van der Waals surface area contributed by atoms with E-state index in [1.54, 1.807) is 13.8 Å². The Balaban J connectivity index is 4.78. The van der Waals surface area contributed by atoms with E-state index in [4.69, 9.17) is 5.73 Å². The van der Waals surface area contributed by atoms with Crippen LogP contribution in [0.15, 0.2) is 0 Å². The van der Waals surface area contributed by atoms with Crippen molar-refractivity contribution in [3.8, 4) is 0 Å². The number of carbonyl (C=O) groups excluding carboxylic acids is 2. The van der Waals surface area contributed by atoms with Crippen LogP contribution >= 0.6 is 0 Å². The largest absolute Gasteiger partial charge is 0.317 e. The number of hydrogen-bond donors (Lipinski definition) is 0. The van der Waals surface area contributed by atoms with Crippen LogP contribution in [0.5, 0.6) is 0 Å². The van der Waals surface area contributed by atoms with E-state index < -0.39 is 6.17 Å². The zero-order valence-electron chi connectivity index (χ0n) is 10.9. The summed E-state index contributed by atoms with van der Waals surface area (Å²) < 4.78 is 0. The molecule has 0 aliphatic rings. The smallest absolute Gasteiger partial charge is 0.224 e. The van der Waals surface area contributed by atoms with E-state index in [1.165, 1.54) is 4.90 Å². The highest BCUT2D eigenvalue weighted by molar-refractivity contribution is 5.89. The fourth-order valence-electron chi connectivity index (χ4n) is 1.53. The van der Waals surface area contributed by atoms with Crippen LogP contribution in [-0.2, 0) is 9.59 Å². The average molecular weight is 227 g/mol. The quantitative estimate of drug-likeness (QED) is 0.695. The lowest BCUT2D eigenvalue weighted by Crippen LogP contribution is -2.50. The predicted molar refractivity (Wildman–Crippen MR) is 63.6 cm³/mol. The minimum Gasteiger partial charge on any atom is -0.317 e. The van der Waals surface area contributed by atoms with Gasteiger partial charge < -0.3 is 4.90 Å². The third kappa shape index (κ3) is 3.93. The van der Waals surface area contributed by atoms with E-state index >= 15 is 0 Å². The number of rotatable bonds is 6. The topological polar surface area (TPSA) is 61.2 Å². The van der Waals surface area contributed by atoms with E-state index in [0.717, 1.165) is 6.42 Å². The number of nitrogens with zero attached hydrogens (tertiary/aromatic N) is 1. The summed E-state index contributed by atoms with van der Waals surface area (Å²) in [5, 5.41) is 0. The number of hydrogen-bond acceptors (Lipinski definition) is 2. The molecule has 0 saturated carbocycles. The van der Waals surface area contributed by atoms with Crippen molar-refractivity contribution in [2.75, 3.05) is 0 Å². The van der Waals surface area contributed by atoms with Gasteiger partial charge in [-0.15, -0.1) is 0 Å². The SMILES string of the molecule is CCCC(=O)N(C(C)C)C([NH])C(=O)C(C)C. The van der Waals surface area contributed by atoms with Crippen LogP contribution < -0.4 is 5.73 Å². The fraction of sp³-hybridized carbons (Fsp3) is 0.833. The zero-order chi connectivity index (χ0) is 12.9. The first-order valence-electron chi connectivity index (χ1n) is 5.88. The highest BCUT2D eigenvalue weighted by Crippen LogP contribution is 2.11. The van der Waals surface area contributed by atoms with E-state index in [9.17, 15) is 9.59 Å². The molecule has 1 unspecified atom stereocenters. The van der Waals surface area contributed by atoms with Gasteiger partial charge in [-0.1, -0.05) is 20.8 Å². The summed E-state index contributed by atoms with van der Waals surface area (Å²) >= 11 is 0. The molecule has 0 aliphatic heterocycles. The number of amides is 1. The lowest BCUT2D eigenvalue weighted by Gasteiger charge is -2.32. The van der Waals surface area contributed by atoms with Crippen LogP contribution in [0.1, 0.15) is 47.5 Å². The molecule has 0 saturated heterocycles. The zero-order valence-corrected chi connectivity index (χ0v) is 10.9. The monoisotopic (exact) mass is 227 g/mol. The maximum Gasteiger partial charge on any atom is 0.224 e. The van der Waals surface area contributed by atoms with Crippen LogP contribution in [0, 0.1) is 5.92 Å². The Morgan fingerprint density at radius 1 is 1.19 bits per heavy atom. The minimum atomic E-state index is -1.06. The summed E-state index contributed by atoms with van der Waals surface area (Å²) in [4.78, 5) is 24.9. The van der Waals surface area contributed by atoms with Gasteiger partial charge in [-0.25, -0.2) is 5.73 Å². The average Bonchev–Trinajstić information content (AvgIpc) is 2.16. The molecule has 0 fully saturated rings. The van der Waals surface area contributed by atoms with E-state index in [2.05, 4.69) is 0 Å². The van der Waals surface area contributed by atoms with Crippen molar-refractivity contribution in [2.24, 2.45) is 5.92 Å². The lowest BCUT2D eigenvalue weighted by atomic mass is 10.0. The van der Waals surface area contributed by atoms with Crippen molar-refractivity contribution in [1.29, 1.82) is 0 Å². The second kappa shape index (κ2) is 6.63. The summed E-state index contributed by atoms with van der Waals surface area (Å²) in [6, 6.07) is -0.107. The van der Waals surface area contributed by atoms with Gasteiger partial charge in [0, 0.05) is 18.4 Å². The van der Waals surface area contributed by atoms with Gasteiger partial charge in [0.25, 0.3) is 0 Å². The Bertz CT molecular complexity index is 249. The van der Waals surface area contributed by atoms with Gasteiger partial charge in [0.05, 0.1) is 0 Å². The number of nitrogens with one attached hydrogen (secondary N) is 1. The normalized spacial score (nSPS) is 13.0. The Morgan fingerprint density at radius 2 is 1.69 bits per heavy atom. The van der Waals surface area contributed by atoms with Crippen molar-refractivity contribution in [1.82, 2.24) is 10.6 Å². The molecule has 0 bridgehead atoms. The molecule has 16 heavy (non-hydrogen) atoms. The molecule has 1 N–H and O–H groups in total. The predicted octanol–water partition coefficient (Wildman–Crippen LogP) is 1.86. The number of carbonyl (C=O) groups is 2. The van der Waals surface area contributed by atoms with Gasteiger partial charge in [-0.2, -0.15) is 0 Å². The van der Waals surface area contributed by atoms with Gasteiger partial charge >= 0.3 is 0 Å². The van der Waals surface area contributed by atoms with Gasteiger partial charge in [0.1, 0.15) is 0 Å². The fourth-order valence-corrected chi connectivity index (χ4v) is 1.53. The van der Waals surface area contributed by atoms with Crippen LogP contribution in [0.2, 0.25) is 0 Å². The molecule has 0 aromatic heterocycles. The number of ketones is 1. The lowest BCUT2D eigenvalue weighted by molar-refractivity contribution is -0.143. The van der Waals surface area contributed by atoms with E-state index in [-0.39, 0.29) is 23.7 Å². The molecule has 0 spiro atoms. The molecule has 0 heterocycles. The second-order valence-electron chi connectivity index (χ2n) is 4.60. The molecule has 4 heteroatoms. The highest BCUT2D eigenvalue weighted by Gasteiger charge is 2.29. The molecular weight excluding hydrogens is 204 g/mol. The molecule has 0 aromatic rings. The van der Waals surface area contributed by atoms with Crippen LogP contribution in [0.3, 0.4) is 0 Å². The summed E-state index contributed by atoms with van der Waals surface area (Å²) in [6.45, 7) is 9.10. The first kappa shape index (κ1) is 15.1. The first-order valence-corrected chi connectivity index (χ1v) is 5.88. The Labute approximate surface area is 98.2 Å². The maximum absolute atomic E-state index is 11.8. The molecule has 0 aromatic carbocycles. The molecule has 93 valence electrons. The Morgan fingerprint density at radius 3 is 2.00 bits per heavy atom. The summed E-state index contributed by atoms with van der Waals surface area (Å²) in [6.07, 6.45) is 0.0860. The van der Waals surface area contributed by atoms with E-state index in [1.807, 2.05) is 20.8 Å². The van der Waals surface area contributed by atoms with Crippen molar-refractivity contribution in [3.05, 3.63) is 0 Å². The molecule has 1 radical (unpaired) electrons. The molecule has 0 rings (SSSR count). The molecular formula is C12H23N2O2. The second-order valence-corrected chi connectivity index (χ2v) is 4.60. The van der Waals surface area contributed by atoms with Crippen molar-refractivity contribution in [2.45, 2.75) is 59.7 Å². The molecule has 4 nitrogen and oxygen atoms in total. The summed E-state index contributed by atoms with van der Waals surface area (Å²) in [5.74, 6) is -0.511. The maximum atomic E-state index is 11.8. The number of Topliss-reactive ketones (excluding diaryl/α,β-unsaturated/α-hetero) is 1. The van der Waals surface area contributed by atoms with Gasteiger partial charge in [-0.05, 0) is 20.3 Å². The Hall–Kier alpha value is -0.900. The van der Waals surface area contributed by atoms with E-state index in [0.29, 0.717) is 6.42 Å². The third-order valence-corrected chi connectivity index (χ3v) is 2.42. The Kier molecular flexibility index (Phi) is 6.26. The van der Waals surface area contributed by atoms with Gasteiger partial charge in [-0.3, -0.25) is 9.59 Å². The van der Waals surface area contributed by atoms with Crippen molar-refractivity contribution in [3.63, 3.8) is 0 Å². The third-order valence-electron chi connectivity index (χ3n) is 2.42. The van der Waals surface area contributed by atoms with Crippen LogP contribution in [0.25, 0.3) is 0 Å².